The lowest BCUT2D eigenvalue weighted by Crippen LogP contribution is -2.29. The molecule has 0 fully saturated rings. The zero-order valence-corrected chi connectivity index (χ0v) is 13.8. The molecule has 1 aliphatic rings. The first-order valence-corrected chi connectivity index (χ1v) is 7.57. The highest BCUT2D eigenvalue weighted by molar-refractivity contribution is 6.20. The largest absolute Gasteiger partial charge is 0.381 e. The molecule has 0 saturated carbocycles. The molecule has 12 nitrogen and oxygen atoms in total. The number of aliphatic imine (C=N–C) groups is 1. The summed E-state index contributed by atoms with van der Waals surface area (Å²) in [7, 11) is 0. The molecule has 28 heavy (non-hydrogen) atoms. The van der Waals surface area contributed by atoms with Crippen LogP contribution in [0, 0.1) is 45.3 Å². The SMILES string of the molecule is N#CC1=Nc2c(c3nc(C#N)c(N)nc3c3nc(C#N)c(N)nc23)NC1C#N. The Morgan fingerprint density at radius 3 is 1.89 bits per heavy atom. The molecule has 5 N–H and O–H groups in total. The van der Waals surface area contributed by atoms with Gasteiger partial charge in [0.15, 0.2) is 34.8 Å². The Labute approximate surface area is 156 Å². The predicted octanol–water partition coefficient (Wildman–Crippen LogP) is 0.395. The maximum absolute atomic E-state index is 9.32. The lowest BCUT2D eigenvalue weighted by molar-refractivity contribution is 1.13. The third kappa shape index (κ3) is 2.10. The summed E-state index contributed by atoms with van der Waals surface area (Å²) in [5.41, 5.74) is 12.2. The van der Waals surface area contributed by atoms with Gasteiger partial charge in [-0.3, -0.25) is 0 Å². The molecule has 0 saturated heterocycles. The molecule has 1 atom stereocenters. The smallest absolute Gasteiger partial charge is 0.183 e. The molecular weight excluding hydrogens is 360 g/mol. The van der Waals surface area contributed by atoms with Gasteiger partial charge in [0, 0.05) is 0 Å². The lowest BCUT2D eigenvalue weighted by Gasteiger charge is -2.21. The van der Waals surface area contributed by atoms with Crippen LogP contribution < -0.4 is 16.8 Å². The Balaban J connectivity index is 2.28. The van der Waals surface area contributed by atoms with Gasteiger partial charge < -0.3 is 16.8 Å². The number of benzene rings is 1. The van der Waals surface area contributed by atoms with Crippen LogP contribution in [-0.2, 0) is 0 Å². The fourth-order valence-corrected chi connectivity index (χ4v) is 2.79. The Hall–Kier alpha value is -5.07. The van der Waals surface area contributed by atoms with E-state index in [-0.39, 0.29) is 62.2 Å². The monoisotopic (exact) mass is 366 g/mol. The first-order chi connectivity index (χ1) is 13.5. The van der Waals surface area contributed by atoms with E-state index in [4.69, 9.17) is 11.5 Å². The van der Waals surface area contributed by atoms with Gasteiger partial charge >= 0.3 is 0 Å². The topological polar surface area (TPSA) is 223 Å². The Morgan fingerprint density at radius 2 is 1.32 bits per heavy atom. The maximum Gasteiger partial charge on any atom is 0.183 e. The molecule has 130 valence electrons. The zero-order valence-electron chi connectivity index (χ0n) is 13.8. The van der Waals surface area contributed by atoms with Gasteiger partial charge in [0.1, 0.15) is 46.0 Å². The molecule has 3 heterocycles. The summed E-state index contributed by atoms with van der Waals surface area (Å²) in [6.07, 6.45) is 0. The second-order valence-corrected chi connectivity index (χ2v) is 5.57. The summed E-state index contributed by atoms with van der Waals surface area (Å²) in [5.74, 6) is -0.274. The lowest BCUT2D eigenvalue weighted by atomic mass is 10.1. The van der Waals surface area contributed by atoms with Crippen LogP contribution in [0.1, 0.15) is 11.4 Å². The molecule has 0 radical (unpaired) electrons. The highest BCUT2D eigenvalue weighted by Gasteiger charge is 2.29. The van der Waals surface area contributed by atoms with E-state index in [1.54, 1.807) is 0 Å². The van der Waals surface area contributed by atoms with Crippen molar-refractivity contribution in [3.8, 4) is 24.3 Å². The number of hydrogen-bond acceptors (Lipinski definition) is 12. The number of aromatic nitrogens is 4. The third-order valence-electron chi connectivity index (χ3n) is 4.02. The molecule has 0 amide bonds. The van der Waals surface area contributed by atoms with Crippen LogP contribution in [0.15, 0.2) is 4.99 Å². The van der Waals surface area contributed by atoms with Crippen molar-refractivity contribution in [3.63, 3.8) is 0 Å². The molecule has 2 aromatic heterocycles. The van der Waals surface area contributed by atoms with Crippen molar-refractivity contribution in [2.24, 2.45) is 4.99 Å². The molecule has 3 aromatic rings. The minimum Gasteiger partial charge on any atom is -0.381 e. The summed E-state index contributed by atoms with van der Waals surface area (Å²) >= 11 is 0. The van der Waals surface area contributed by atoms with E-state index in [0.29, 0.717) is 0 Å². The van der Waals surface area contributed by atoms with Crippen molar-refractivity contribution < 1.29 is 0 Å². The average Bonchev–Trinajstić information content (AvgIpc) is 2.72. The first-order valence-electron chi connectivity index (χ1n) is 7.57. The van der Waals surface area contributed by atoms with Crippen molar-refractivity contribution in [3.05, 3.63) is 11.4 Å². The minimum absolute atomic E-state index is 0.0932. The van der Waals surface area contributed by atoms with E-state index in [1.165, 1.54) is 0 Å². The maximum atomic E-state index is 9.32. The van der Waals surface area contributed by atoms with Crippen LogP contribution in [0.5, 0.6) is 0 Å². The molecule has 1 unspecified atom stereocenters. The third-order valence-corrected chi connectivity index (χ3v) is 4.02. The normalized spacial score (nSPS) is 14.7. The number of anilines is 3. The summed E-state index contributed by atoms with van der Waals surface area (Å²) < 4.78 is 0. The van der Waals surface area contributed by atoms with Crippen molar-refractivity contribution in [2.75, 3.05) is 16.8 Å². The number of nitrogens with zero attached hydrogens (tertiary/aromatic N) is 9. The van der Waals surface area contributed by atoms with Crippen LogP contribution in [0.2, 0.25) is 0 Å². The Morgan fingerprint density at radius 1 is 0.750 bits per heavy atom. The fraction of sp³-hybridized carbons (Fsp3) is 0.0625. The number of fused-ring (bicyclic) bond motifs is 6. The van der Waals surface area contributed by atoms with Gasteiger partial charge in [-0.05, 0) is 0 Å². The van der Waals surface area contributed by atoms with Crippen LogP contribution in [0.4, 0.5) is 23.0 Å². The summed E-state index contributed by atoms with van der Waals surface area (Å²) in [6.45, 7) is 0. The molecule has 1 aromatic carbocycles. The zero-order chi connectivity index (χ0) is 20.0. The molecule has 4 rings (SSSR count). The van der Waals surface area contributed by atoms with Gasteiger partial charge in [0.25, 0.3) is 0 Å². The first kappa shape index (κ1) is 16.4. The molecule has 0 aliphatic carbocycles. The van der Waals surface area contributed by atoms with E-state index < -0.39 is 6.04 Å². The summed E-state index contributed by atoms with van der Waals surface area (Å²) in [5, 5.41) is 39.9. The Bertz CT molecular complexity index is 1410. The summed E-state index contributed by atoms with van der Waals surface area (Å²) in [6, 6.07) is 6.40. The van der Waals surface area contributed by atoms with Gasteiger partial charge in [0.2, 0.25) is 0 Å². The molecule has 0 spiro atoms. The van der Waals surface area contributed by atoms with Crippen LogP contribution >= 0.6 is 0 Å². The van der Waals surface area contributed by atoms with Crippen molar-refractivity contribution in [1.29, 1.82) is 21.0 Å². The predicted molar refractivity (Wildman–Crippen MR) is 96.6 cm³/mol. The van der Waals surface area contributed by atoms with Crippen LogP contribution in [0.3, 0.4) is 0 Å². The van der Waals surface area contributed by atoms with E-state index in [2.05, 4.69) is 30.2 Å². The average molecular weight is 366 g/mol. The number of nitrogen functional groups attached to an aromatic ring is 2. The van der Waals surface area contributed by atoms with Crippen LogP contribution in [0.25, 0.3) is 22.1 Å². The molecule has 0 bridgehead atoms. The second kappa shape index (κ2) is 5.73. The Kier molecular flexibility index (Phi) is 3.36. The number of nitriles is 4. The van der Waals surface area contributed by atoms with Gasteiger partial charge in [-0.15, -0.1) is 0 Å². The van der Waals surface area contributed by atoms with E-state index >= 15 is 0 Å². The van der Waals surface area contributed by atoms with Crippen molar-refractivity contribution in [1.82, 2.24) is 19.9 Å². The number of nitrogens with two attached hydrogens (primary N) is 2. The fourth-order valence-electron chi connectivity index (χ4n) is 2.79. The van der Waals surface area contributed by atoms with Gasteiger partial charge in [-0.1, -0.05) is 0 Å². The summed E-state index contributed by atoms with van der Waals surface area (Å²) in [4.78, 5) is 21.0. The second-order valence-electron chi connectivity index (χ2n) is 5.57. The number of nitrogens with one attached hydrogen (secondary N) is 1. The molecule has 1 aliphatic heterocycles. The van der Waals surface area contributed by atoms with Gasteiger partial charge in [-0.25, -0.2) is 24.9 Å². The van der Waals surface area contributed by atoms with E-state index in [1.807, 2.05) is 24.3 Å². The van der Waals surface area contributed by atoms with Crippen molar-refractivity contribution >= 4 is 50.8 Å². The van der Waals surface area contributed by atoms with Gasteiger partial charge in [0.05, 0.1) is 11.8 Å². The van der Waals surface area contributed by atoms with E-state index in [0.717, 1.165) is 0 Å². The number of hydrogen-bond donors (Lipinski definition) is 3. The molecular formula is C16H6N12. The quantitative estimate of drug-likeness (QED) is 0.461. The van der Waals surface area contributed by atoms with Crippen LogP contribution in [-0.4, -0.2) is 31.7 Å². The highest BCUT2D eigenvalue weighted by Crippen LogP contribution is 2.42. The van der Waals surface area contributed by atoms with Gasteiger partial charge in [-0.2, -0.15) is 21.0 Å². The molecule has 12 heteroatoms. The van der Waals surface area contributed by atoms with Crippen molar-refractivity contribution in [2.45, 2.75) is 6.04 Å². The standard InChI is InChI=1S/C16H6N12/c17-1-5-6(2-18)24-10-9(23-5)11-14(28-15(21)7(3-19)25-11)12-13(10)27-16(22)8(4-20)26-12/h5,23H,(H2,21,28)(H2,22,27). The van der Waals surface area contributed by atoms with E-state index in [9.17, 15) is 21.0 Å². The minimum atomic E-state index is -1.04. The highest BCUT2D eigenvalue weighted by atomic mass is 15.1. The number of rotatable bonds is 0.